The molecule has 3 nitrogen and oxygen atoms in total. The topological polar surface area (TPSA) is 46.2 Å². The highest BCUT2D eigenvalue weighted by Gasteiger charge is 2.60. The quantitative estimate of drug-likeness (QED) is 0.841. The SMILES string of the molecule is CC(C)NCC1(S(C)(=O)=O)CC2(CCCC2)C1. The summed E-state index contributed by atoms with van der Waals surface area (Å²) < 4.78 is 23.6. The van der Waals surface area contributed by atoms with Crippen molar-refractivity contribution < 1.29 is 8.42 Å². The maximum absolute atomic E-state index is 12.0. The zero-order valence-corrected chi connectivity index (χ0v) is 12.1. The van der Waals surface area contributed by atoms with Crippen LogP contribution in [0.3, 0.4) is 0 Å². The lowest BCUT2D eigenvalue weighted by atomic mass is 9.60. The van der Waals surface area contributed by atoms with Crippen LogP contribution in [0.1, 0.15) is 52.4 Å². The molecular weight excluding hydrogens is 234 g/mol. The second-order valence-electron chi connectivity index (χ2n) is 6.55. The molecule has 17 heavy (non-hydrogen) atoms. The summed E-state index contributed by atoms with van der Waals surface area (Å²) in [6.07, 6.45) is 8.25. The van der Waals surface area contributed by atoms with Crippen molar-refractivity contribution >= 4 is 9.84 Å². The molecule has 0 aliphatic heterocycles. The van der Waals surface area contributed by atoms with Gasteiger partial charge in [0.1, 0.15) is 0 Å². The van der Waals surface area contributed by atoms with Crippen molar-refractivity contribution in [2.45, 2.75) is 63.2 Å². The Labute approximate surface area is 105 Å². The minimum Gasteiger partial charge on any atom is -0.313 e. The molecule has 1 N–H and O–H groups in total. The number of hydrogen-bond donors (Lipinski definition) is 1. The second-order valence-corrected chi connectivity index (χ2v) is 8.96. The Balaban J connectivity index is 2.08. The first kappa shape index (κ1) is 13.3. The zero-order chi connectivity index (χ0) is 12.7. The van der Waals surface area contributed by atoms with Crippen LogP contribution in [0.5, 0.6) is 0 Å². The maximum Gasteiger partial charge on any atom is 0.154 e. The van der Waals surface area contributed by atoms with Crippen LogP contribution in [0.25, 0.3) is 0 Å². The third-order valence-electron chi connectivity index (χ3n) is 4.68. The molecule has 0 bridgehead atoms. The monoisotopic (exact) mass is 259 g/mol. The Morgan fingerprint density at radius 3 is 2.12 bits per heavy atom. The van der Waals surface area contributed by atoms with E-state index in [1.54, 1.807) is 0 Å². The number of nitrogens with one attached hydrogen (secondary N) is 1. The number of sulfone groups is 1. The van der Waals surface area contributed by atoms with Gasteiger partial charge in [0.25, 0.3) is 0 Å². The molecule has 0 aromatic carbocycles. The standard InChI is InChI=1S/C13H25NO2S/c1-11(2)14-10-13(17(3,15)16)8-12(9-13)6-4-5-7-12/h11,14H,4-10H2,1-3H3. The van der Waals surface area contributed by atoms with E-state index in [0.717, 1.165) is 12.8 Å². The van der Waals surface area contributed by atoms with Crippen LogP contribution in [0, 0.1) is 5.41 Å². The molecule has 0 amide bonds. The van der Waals surface area contributed by atoms with E-state index in [1.165, 1.54) is 31.9 Å². The first-order chi connectivity index (χ1) is 7.79. The van der Waals surface area contributed by atoms with Gasteiger partial charge in [0.15, 0.2) is 9.84 Å². The molecule has 2 aliphatic rings. The summed E-state index contributed by atoms with van der Waals surface area (Å²) >= 11 is 0. The molecule has 0 aromatic heterocycles. The highest BCUT2D eigenvalue weighted by atomic mass is 32.2. The third kappa shape index (κ3) is 2.39. The van der Waals surface area contributed by atoms with Gasteiger partial charge in [-0.15, -0.1) is 0 Å². The van der Waals surface area contributed by atoms with E-state index in [1.807, 2.05) is 0 Å². The Morgan fingerprint density at radius 1 is 1.18 bits per heavy atom. The molecule has 2 fully saturated rings. The highest BCUT2D eigenvalue weighted by molar-refractivity contribution is 7.92. The van der Waals surface area contributed by atoms with Gasteiger partial charge in [-0.25, -0.2) is 8.42 Å². The van der Waals surface area contributed by atoms with Gasteiger partial charge in [0.2, 0.25) is 0 Å². The normalized spacial score (nSPS) is 26.4. The molecule has 1 spiro atoms. The van der Waals surface area contributed by atoms with Gasteiger partial charge in [-0.2, -0.15) is 0 Å². The summed E-state index contributed by atoms with van der Waals surface area (Å²) in [6.45, 7) is 4.77. The molecule has 4 heteroatoms. The van der Waals surface area contributed by atoms with E-state index in [2.05, 4.69) is 19.2 Å². The van der Waals surface area contributed by atoms with Crippen LogP contribution in [0.2, 0.25) is 0 Å². The minimum absolute atomic E-state index is 0.355. The van der Waals surface area contributed by atoms with Crippen molar-refractivity contribution in [2.75, 3.05) is 12.8 Å². The Kier molecular flexibility index (Phi) is 3.32. The van der Waals surface area contributed by atoms with E-state index in [0.29, 0.717) is 18.0 Å². The average molecular weight is 259 g/mol. The first-order valence-electron chi connectivity index (χ1n) is 6.72. The van der Waals surface area contributed by atoms with E-state index in [4.69, 9.17) is 0 Å². The molecule has 2 rings (SSSR count). The molecule has 0 aromatic rings. The van der Waals surface area contributed by atoms with Crippen LogP contribution in [-0.2, 0) is 9.84 Å². The van der Waals surface area contributed by atoms with E-state index >= 15 is 0 Å². The average Bonchev–Trinajstić information content (AvgIpc) is 2.58. The zero-order valence-electron chi connectivity index (χ0n) is 11.3. The Bertz CT molecular complexity index is 372. The van der Waals surface area contributed by atoms with Crippen molar-refractivity contribution in [3.8, 4) is 0 Å². The van der Waals surface area contributed by atoms with Gasteiger partial charge < -0.3 is 5.32 Å². The summed E-state index contributed by atoms with van der Waals surface area (Å²) in [4.78, 5) is 0. The third-order valence-corrected chi connectivity index (χ3v) is 6.68. The largest absolute Gasteiger partial charge is 0.313 e. The van der Waals surface area contributed by atoms with E-state index in [9.17, 15) is 8.42 Å². The fourth-order valence-corrected chi connectivity index (χ4v) is 5.18. The van der Waals surface area contributed by atoms with Crippen LogP contribution >= 0.6 is 0 Å². The molecule has 0 unspecified atom stereocenters. The Hall–Kier alpha value is -0.0900. The highest BCUT2D eigenvalue weighted by Crippen LogP contribution is 2.60. The lowest BCUT2D eigenvalue weighted by Gasteiger charge is -2.54. The van der Waals surface area contributed by atoms with Gasteiger partial charge in [-0.3, -0.25) is 0 Å². The summed E-state index contributed by atoms with van der Waals surface area (Å²) in [6, 6.07) is 0.355. The lowest BCUT2D eigenvalue weighted by Crippen LogP contribution is -2.61. The smallest absolute Gasteiger partial charge is 0.154 e. The number of hydrogen-bond acceptors (Lipinski definition) is 3. The van der Waals surface area contributed by atoms with Gasteiger partial charge in [0.05, 0.1) is 4.75 Å². The van der Waals surface area contributed by atoms with Gasteiger partial charge in [0, 0.05) is 18.8 Å². The molecular formula is C13H25NO2S. The summed E-state index contributed by atoms with van der Waals surface area (Å²) in [7, 11) is -2.95. The maximum atomic E-state index is 12.0. The van der Waals surface area contributed by atoms with Crippen molar-refractivity contribution in [1.82, 2.24) is 5.32 Å². The Morgan fingerprint density at radius 2 is 1.71 bits per heavy atom. The lowest BCUT2D eigenvalue weighted by molar-refractivity contribution is 0.0803. The molecule has 0 heterocycles. The van der Waals surface area contributed by atoms with Crippen LogP contribution in [0.4, 0.5) is 0 Å². The molecule has 0 saturated heterocycles. The first-order valence-corrected chi connectivity index (χ1v) is 8.61. The summed E-state index contributed by atoms with van der Waals surface area (Å²) in [5, 5.41) is 3.32. The number of rotatable bonds is 4. The van der Waals surface area contributed by atoms with Crippen LogP contribution in [-0.4, -0.2) is 32.0 Å². The summed E-state index contributed by atoms with van der Waals surface area (Å²) in [5.74, 6) is 0. The predicted octanol–water partition coefficient (Wildman–Crippen LogP) is 2.12. The van der Waals surface area contributed by atoms with Crippen molar-refractivity contribution in [1.29, 1.82) is 0 Å². The van der Waals surface area contributed by atoms with Crippen molar-refractivity contribution in [3.63, 3.8) is 0 Å². The molecule has 0 radical (unpaired) electrons. The fourth-order valence-electron chi connectivity index (χ4n) is 3.70. The molecule has 100 valence electrons. The fraction of sp³-hybridized carbons (Fsp3) is 1.00. The molecule has 2 aliphatic carbocycles. The van der Waals surface area contributed by atoms with Crippen LogP contribution in [0.15, 0.2) is 0 Å². The predicted molar refractivity (Wildman–Crippen MR) is 70.8 cm³/mol. The van der Waals surface area contributed by atoms with Gasteiger partial charge in [-0.05, 0) is 31.1 Å². The molecule has 2 saturated carbocycles. The van der Waals surface area contributed by atoms with Gasteiger partial charge in [-0.1, -0.05) is 26.7 Å². The van der Waals surface area contributed by atoms with Crippen LogP contribution < -0.4 is 5.32 Å². The molecule has 0 atom stereocenters. The van der Waals surface area contributed by atoms with E-state index < -0.39 is 14.6 Å². The summed E-state index contributed by atoms with van der Waals surface area (Å²) in [5.41, 5.74) is 0.377. The van der Waals surface area contributed by atoms with Crippen molar-refractivity contribution in [3.05, 3.63) is 0 Å². The van der Waals surface area contributed by atoms with E-state index in [-0.39, 0.29) is 0 Å². The minimum atomic E-state index is -2.95. The van der Waals surface area contributed by atoms with Crippen molar-refractivity contribution in [2.24, 2.45) is 5.41 Å². The second kappa shape index (κ2) is 4.23. The van der Waals surface area contributed by atoms with Gasteiger partial charge >= 0.3 is 0 Å².